The van der Waals surface area contributed by atoms with Gasteiger partial charge in [0.15, 0.2) is 5.75 Å². The molecular weight excluding hydrogens is 630 g/mol. The van der Waals surface area contributed by atoms with Crippen LogP contribution in [0.3, 0.4) is 0 Å². The number of amides is 2. The van der Waals surface area contributed by atoms with E-state index in [1.807, 2.05) is 51.1 Å². The zero-order valence-corrected chi connectivity index (χ0v) is 28.4. The molecule has 2 amide bonds. The van der Waals surface area contributed by atoms with Crippen molar-refractivity contribution in [1.29, 1.82) is 0 Å². The lowest BCUT2D eigenvalue weighted by atomic mass is 9.85. The summed E-state index contributed by atoms with van der Waals surface area (Å²) in [7, 11) is -2.31. The summed E-state index contributed by atoms with van der Waals surface area (Å²) in [5, 5.41) is 6.67. The number of fused-ring (bicyclic) bond motifs is 1. The molecular formula is C36H37N5O6S. The molecule has 248 valence electrons. The van der Waals surface area contributed by atoms with Crippen molar-refractivity contribution in [2.75, 3.05) is 28.7 Å². The Bertz CT molecular complexity index is 2100. The van der Waals surface area contributed by atoms with Gasteiger partial charge in [-0.3, -0.25) is 24.3 Å². The molecule has 11 nitrogen and oxygen atoms in total. The van der Waals surface area contributed by atoms with Crippen LogP contribution in [-0.2, 0) is 22.0 Å². The highest BCUT2D eigenvalue weighted by atomic mass is 32.2. The summed E-state index contributed by atoms with van der Waals surface area (Å²) < 4.78 is 38.1. The maximum absolute atomic E-state index is 13.6. The third-order valence-electron chi connectivity index (χ3n) is 7.53. The van der Waals surface area contributed by atoms with Crippen LogP contribution in [0, 0.1) is 6.92 Å². The fourth-order valence-corrected chi connectivity index (χ4v) is 5.58. The van der Waals surface area contributed by atoms with Crippen LogP contribution in [0.1, 0.15) is 58.3 Å². The van der Waals surface area contributed by atoms with Gasteiger partial charge in [0.05, 0.1) is 53.3 Å². The number of hydrogen-bond acceptors (Lipinski definition) is 8. The van der Waals surface area contributed by atoms with Crippen LogP contribution in [0.5, 0.6) is 11.5 Å². The number of anilines is 3. The van der Waals surface area contributed by atoms with Gasteiger partial charge in [0.25, 0.3) is 11.8 Å². The summed E-state index contributed by atoms with van der Waals surface area (Å²) in [4.78, 5) is 35.6. The molecule has 0 saturated heterocycles. The van der Waals surface area contributed by atoms with Crippen molar-refractivity contribution in [3.05, 3.63) is 113 Å². The minimum atomic E-state index is -3.67. The van der Waals surface area contributed by atoms with Gasteiger partial charge in [0, 0.05) is 22.8 Å². The van der Waals surface area contributed by atoms with E-state index in [4.69, 9.17) is 9.47 Å². The second-order valence-corrected chi connectivity index (χ2v) is 14.0. The number of aryl methyl sites for hydroxylation is 1. The zero-order valence-electron chi connectivity index (χ0n) is 27.5. The summed E-state index contributed by atoms with van der Waals surface area (Å²) >= 11 is 0. The number of aromatic nitrogens is 2. The number of nitrogens with zero attached hydrogens (tertiary/aromatic N) is 2. The fraction of sp³-hybridized carbons (Fsp3) is 0.222. The van der Waals surface area contributed by atoms with E-state index in [0.29, 0.717) is 29.3 Å². The molecule has 3 aromatic carbocycles. The predicted molar refractivity (Wildman–Crippen MR) is 188 cm³/mol. The molecule has 12 heteroatoms. The molecule has 5 rings (SSSR count). The van der Waals surface area contributed by atoms with Gasteiger partial charge in [-0.2, -0.15) is 0 Å². The Kier molecular flexibility index (Phi) is 9.67. The van der Waals surface area contributed by atoms with Crippen LogP contribution in [0.25, 0.3) is 10.9 Å². The van der Waals surface area contributed by atoms with E-state index in [0.717, 1.165) is 22.7 Å². The summed E-state index contributed by atoms with van der Waals surface area (Å²) in [6.07, 6.45) is 4.22. The Morgan fingerprint density at radius 2 is 1.54 bits per heavy atom. The van der Waals surface area contributed by atoms with Crippen molar-refractivity contribution in [3.63, 3.8) is 0 Å². The van der Waals surface area contributed by atoms with Crippen molar-refractivity contribution < 1.29 is 27.5 Å². The Balaban J connectivity index is 1.30. The normalized spacial score (nSPS) is 11.5. The van der Waals surface area contributed by atoms with E-state index in [9.17, 15) is 18.0 Å². The number of benzene rings is 3. The predicted octanol–water partition coefficient (Wildman–Crippen LogP) is 6.70. The summed E-state index contributed by atoms with van der Waals surface area (Å²) in [6.45, 7) is 7.89. The first kappa shape index (κ1) is 33.9. The van der Waals surface area contributed by atoms with Crippen molar-refractivity contribution in [2.45, 2.75) is 39.7 Å². The van der Waals surface area contributed by atoms with Gasteiger partial charge in [-0.05, 0) is 72.5 Å². The summed E-state index contributed by atoms with van der Waals surface area (Å²) in [6, 6.07) is 21.7. The average Bonchev–Trinajstić information content (AvgIpc) is 3.03. The highest BCUT2D eigenvalue weighted by molar-refractivity contribution is 7.92. The molecule has 0 spiro atoms. The van der Waals surface area contributed by atoms with Crippen LogP contribution >= 0.6 is 0 Å². The van der Waals surface area contributed by atoms with Gasteiger partial charge in [-0.25, -0.2) is 8.42 Å². The number of rotatable bonds is 10. The average molecular weight is 668 g/mol. The molecule has 0 aliphatic rings. The molecule has 0 aliphatic carbocycles. The maximum Gasteiger partial charge on any atom is 0.259 e. The molecule has 2 heterocycles. The second-order valence-electron chi connectivity index (χ2n) is 12.3. The van der Waals surface area contributed by atoms with Gasteiger partial charge < -0.3 is 20.1 Å². The first-order chi connectivity index (χ1) is 22.7. The van der Waals surface area contributed by atoms with Crippen LogP contribution in [0.2, 0.25) is 0 Å². The fourth-order valence-electron chi connectivity index (χ4n) is 5.03. The Morgan fingerprint density at radius 1 is 0.854 bits per heavy atom. The number of hydrogen-bond donors (Lipinski definition) is 3. The van der Waals surface area contributed by atoms with Crippen molar-refractivity contribution in [1.82, 2.24) is 9.97 Å². The molecule has 0 bridgehead atoms. The van der Waals surface area contributed by atoms with Crippen LogP contribution in [0.4, 0.5) is 17.1 Å². The molecule has 3 N–H and O–H groups in total. The lowest BCUT2D eigenvalue weighted by molar-refractivity contribution is 0.101. The molecule has 0 unspecified atom stereocenters. The highest BCUT2D eigenvalue weighted by Gasteiger charge is 2.25. The Hall–Kier alpha value is -5.49. The standard InChI is InChI=1S/C36H37N5O6S/c1-22-29(34(42)39-25-11-13-27(14-12-25)47-21-23-15-16-37-31-10-8-7-9-28(23)31)19-26(20-38-22)40-35(43)30-17-24(36(2,3)4)18-32(33(30)46-5)41-48(6,44)45/h7-20,41H,21H2,1-6H3,(H,39,42)(H,40,43). The topological polar surface area (TPSA) is 149 Å². The SMILES string of the molecule is COc1c(NS(C)(=O)=O)cc(C(C)(C)C)cc1C(=O)Nc1cnc(C)c(C(=O)Nc2ccc(OCc3ccnc4ccccc34)cc2)c1. The lowest BCUT2D eigenvalue weighted by Crippen LogP contribution is -2.20. The molecule has 48 heavy (non-hydrogen) atoms. The van der Waals surface area contributed by atoms with Gasteiger partial charge >= 0.3 is 0 Å². The molecule has 0 aliphatic heterocycles. The number of pyridine rings is 2. The van der Waals surface area contributed by atoms with Gasteiger partial charge in [0.2, 0.25) is 10.0 Å². The molecule has 0 radical (unpaired) electrons. The number of methoxy groups -OCH3 is 1. The van der Waals surface area contributed by atoms with Crippen molar-refractivity contribution in [3.8, 4) is 11.5 Å². The minimum Gasteiger partial charge on any atom is -0.494 e. The molecule has 2 aromatic heterocycles. The van der Waals surface area contributed by atoms with Crippen molar-refractivity contribution in [2.24, 2.45) is 0 Å². The van der Waals surface area contributed by atoms with Crippen LogP contribution < -0.4 is 24.8 Å². The monoisotopic (exact) mass is 667 g/mol. The number of carbonyl (C=O) groups is 2. The van der Waals surface area contributed by atoms with E-state index in [2.05, 4.69) is 25.3 Å². The number of para-hydroxylation sites is 1. The molecule has 5 aromatic rings. The summed E-state index contributed by atoms with van der Waals surface area (Å²) in [5.74, 6) is -0.287. The second kappa shape index (κ2) is 13.7. The number of nitrogens with one attached hydrogen (secondary N) is 3. The summed E-state index contributed by atoms with van der Waals surface area (Å²) in [5.41, 5.74) is 4.00. The molecule has 0 atom stereocenters. The Labute approximate surface area is 279 Å². The van der Waals surface area contributed by atoms with Crippen LogP contribution in [0.15, 0.2) is 85.2 Å². The molecule has 0 saturated carbocycles. The van der Waals surface area contributed by atoms with Crippen molar-refractivity contribution >= 4 is 49.8 Å². The van der Waals surface area contributed by atoms with Gasteiger partial charge in [-0.1, -0.05) is 39.0 Å². The third kappa shape index (κ3) is 8.07. The zero-order chi connectivity index (χ0) is 34.6. The van der Waals surface area contributed by atoms with E-state index in [-0.39, 0.29) is 28.3 Å². The quantitative estimate of drug-likeness (QED) is 0.149. The Morgan fingerprint density at radius 3 is 2.23 bits per heavy atom. The first-order valence-electron chi connectivity index (χ1n) is 15.1. The van der Waals surface area contributed by atoms with E-state index in [1.54, 1.807) is 49.5 Å². The number of carbonyl (C=O) groups excluding carboxylic acids is 2. The van der Waals surface area contributed by atoms with Crippen LogP contribution in [-0.4, -0.2) is 43.6 Å². The highest BCUT2D eigenvalue weighted by Crippen LogP contribution is 2.36. The van der Waals surface area contributed by atoms with Gasteiger partial charge in [-0.15, -0.1) is 0 Å². The smallest absolute Gasteiger partial charge is 0.259 e. The minimum absolute atomic E-state index is 0.0607. The van der Waals surface area contributed by atoms with E-state index in [1.165, 1.54) is 19.4 Å². The maximum atomic E-state index is 13.6. The number of sulfonamides is 1. The lowest BCUT2D eigenvalue weighted by Gasteiger charge is -2.23. The van der Waals surface area contributed by atoms with E-state index < -0.39 is 27.3 Å². The number of ether oxygens (including phenoxy) is 2. The first-order valence-corrected chi connectivity index (χ1v) is 17.0. The third-order valence-corrected chi connectivity index (χ3v) is 8.13. The van der Waals surface area contributed by atoms with E-state index >= 15 is 0 Å². The molecule has 0 fully saturated rings. The van der Waals surface area contributed by atoms with Gasteiger partial charge in [0.1, 0.15) is 12.4 Å². The largest absolute Gasteiger partial charge is 0.494 e.